The van der Waals surface area contributed by atoms with Crippen molar-refractivity contribution in [1.29, 1.82) is 0 Å². The first kappa shape index (κ1) is 14.7. The Kier molecular flexibility index (Phi) is 3.30. The molecule has 0 spiro atoms. The number of hydrogen-bond acceptors (Lipinski definition) is 2. The molecule has 0 atom stereocenters. The summed E-state index contributed by atoms with van der Waals surface area (Å²) in [6.07, 6.45) is -4.79. The summed E-state index contributed by atoms with van der Waals surface area (Å²) < 4.78 is 65.6. The van der Waals surface area contributed by atoms with Gasteiger partial charge in [-0.1, -0.05) is 12.1 Å². The maximum atomic E-state index is 13.7. The normalized spacial score (nSPS) is 16.8. The lowest BCUT2D eigenvalue weighted by molar-refractivity contribution is -0.137. The van der Waals surface area contributed by atoms with Gasteiger partial charge in [-0.25, -0.2) is 13.8 Å². The van der Waals surface area contributed by atoms with E-state index >= 15 is 0 Å². The van der Waals surface area contributed by atoms with E-state index in [1.807, 2.05) is 0 Å². The molecule has 0 saturated carbocycles. The molecule has 1 aliphatic rings. The number of benzene rings is 1. The van der Waals surface area contributed by atoms with Crippen LogP contribution in [0.15, 0.2) is 36.4 Å². The van der Waals surface area contributed by atoms with E-state index in [9.17, 15) is 22.0 Å². The van der Waals surface area contributed by atoms with Crippen molar-refractivity contribution in [1.82, 2.24) is 4.98 Å². The number of nitrogens with one attached hydrogen (secondary N) is 1. The molecule has 3 rings (SSSR count). The first-order chi connectivity index (χ1) is 10.3. The largest absolute Gasteiger partial charge is 0.416 e. The molecule has 1 aromatic carbocycles. The molecule has 0 fully saturated rings. The highest BCUT2D eigenvalue weighted by molar-refractivity contribution is 5.64. The highest BCUT2D eigenvalue weighted by atomic mass is 19.4. The Morgan fingerprint density at radius 1 is 1.09 bits per heavy atom. The van der Waals surface area contributed by atoms with Crippen LogP contribution >= 0.6 is 0 Å². The maximum Gasteiger partial charge on any atom is 0.416 e. The molecule has 22 heavy (non-hydrogen) atoms. The van der Waals surface area contributed by atoms with Gasteiger partial charge in [0.2, 0.25) is 0 Å². The van der Waals surface area contributed by atoms with E-state index < -0.39 is 17.7 Å². The van der Waals surface area contributed by atoms with Gasteiger partial charge in [-0.2, -0.15) is 13.2 Å². The molecule has 2 heterocycles. The summed E-state index contributed by atoms with van der Waals surface area (Å²) in [5, 5.41) is 2.76. The zero-order chi connectivity index (χ0) is 16.0. The smallest absolute Gasteiger partial charge is 0.369 e. The van der Waals surface area contributed by atoms with Crippen molar-refractivity contribution < 1.29 is 22.0 Å². The van der Waals surface area contributed by atoms with Crippen molar-refractivity contribution in [3.8, 4) is 11.3 Å². The third-order valence-electron chi connectivity index (χ3n) is 3.51. The van der Waals surface area contributed by atoms with Crippen molar-refractivity contribution in [2.24, 2.45) is 0 Å². The number of pyridine rings is 1. The lowest BCUT2D eigenvalue weighted by Gasteiger charge is -2.25. The first-order valence-corrected chi connectivity index (χ1v) is 6.58. The second-order valence-corrected chi connectivity index (χ2v) is 5.05. The molecule has 0 unspecified atom stereocenters. The second-order valence-electron chi connectivity index (χ2n) is 5.05. The Morgan fingerprint density at radius 3 is 2.59 bits per heavy atom. The van der Waals surface area contributed by atoms with Gasteiger partial charge >= 0.3 is 6.18 Å². The number of hydrogen-bond donors (Lipinski definition) is 1. The predicted molar refractivity (Wildman–Crippen MR) is 71.7 cm³/mol. The van der Waals surface area contributed by atoms with Crippen LogP contribution in [0.1, 0.15) is 17.5 Å². The summed E-state index contributed by atoms with van der Waals surface area (Å²) in [5.41, 5.74) is -0.583. The Labute approximate surface area is 123 Å². The molecule has 116 valence electrons. The van der Waals surface area contributed by atoms with E-state index in [2.05, 4.69) is 10.3 Å². The molecular weight excluding hydrogens is 303 g/mol. The number of rotatable bonds is 1. The summed E-state index contributed by atoms with van der Waals surface area (Å²) in [5.74, 6) is -2.95. The van der Waals surface area contributed by atoms with Crippen molar-refractivity contribution in [2.75, 3.05) is 11.9 Å². The molecule has 1 aliphatic heterocycles. The Bertz CT molecular complexity index is 709. The lowest BCUT2D eigenvalue weighted by atomic mass is 10.0. The second kappa shape index (κ2) is 4.93. The summed E-state index contributed by atoms with van der Waals surface area (Å²) in [4.78, 5) is 4.04. The molecule has 1 N–H and O–H groups in total. The zero-order valence-electron chi connectivity index (χ0n) is 11.2. The summed E-state index contributed by atoms with van der Waals surface area (Å²) >= 11 is 0. The standard InChI is InChI=1S/C15H11F5N2/c16-14(17)6-7-21-13-11(14)4-5-12(22-13)9-2-1-3-10(8-9)15(18,19)20/h1-5,8H,6-7H2,(H,21,22). The van der Waals surface area contributed by atoms with Gasteiger partial charge < -0.3 is 5.32 Å². The van der Waals surface area contributed by atoms with Gasteiger partial charge in [0.1, 0.15) is 5.82 Å². The van der Waals surface area contributed by atoms with E-state index in [-0.39, 0.29) is 35.6 Å². The van der Waals surface area contributed by atoms with Crippen LogP contribution in [0.4, 0.5) is 27.8 Å². The van der Waals surface area contributed by atoms with Gasteiger partial charge in [-0.15, -0.1) is 0 Å². The van der Waals surface area contributed by atoms with Crippen molar-refractivity contribution in [3.05, 3.63) is 47.5 Å². The number of fused-ring (bicyclic) bond motifs is 1. The fourth-order valence-corrected chi connectivity index (χ4v) is 2.38. The van der Waals surface area contributed by atoms with Crippen molar-refractivity contribution >= 4 is 5.82 Å². The van der Waals surface area contributed by atoms with Crippen molar-refractivity contribution in [3.63, 3.8) is 0 Å². The number of nitrogens with zero attached hydrogens (tertiary/aromatic N) is 1. The van der Waals surface area contributed by atoms with E-state index in [0.29, 0.717) is 0 Å². The Balaban J connectivity index is 2.04. The lowest BCUT2D eigenvalue weighted by Crippen LogP contribution is -2.26. The van der Waals surface area contributed by atoms with Crippen LogP contribution in [0.2, 0.25) is 0 Å². The average Bonchev–Trinajstić information content (AvgIpc) is 2.46. The van der Waals surface area contributed by atoms with Crippen LogP contribution in [-0.2, 0) is 12.1 Å². The monoisotopic (exact) mass is 314 g/mol. The van der Waals surface area contributed by atoms with Gasteiger partial charge in [-0.3, -0.25) is 0 Å². The third kappa shape index (κ3) is 2.63. The van der Waals surface area contributed by atoms with Crippen molar-refractivity contribution in [2.45, 2.75) is 18.5 Å². The van der Waals surface area contributed by atoms with E-state index in [1.54, 1.807) is 0 Å². The van der Waals surface area contributed by atoms with Crippen LogP contribution < -0.4 is 5.32 Å². The molecule has 0 amide bonds. The van der Waals surface area contributed by atoms with Crippen LogP contribution in [-0.4, -0.2) is 11.5 Å². The number of aromatic nitrogens is 1. The minimum atomic E-state index is -4.46. The topological polar surface area (TPSA) is 24.9 Å². The first-order valence-electron chi connectivity index (χ1n) is 6.58. The van der Waals surface area contributed by atoms with Gasteiger partial charge in [0.15, 0.2) is 0 Å². The van der Waals surface area contributed by atoms with Crippen LogP contribution in [0.25, 0.3) is 11.3 Å². The number of anilines is 1. The fraction of sp³-hybridized carbons (Fsp3) is 0.267. The van der Waals surface area contributed by atoms with E-state index in [1.165, 1.54) is 24.3 Å². The van der Waals surface area contributed by atoms with Gasteiger partial charge in [0, 0.05) is 18.5 Å². The van der Waals surface area contributed by atoms with Gasteiger partial charge in [-0.05, 0) is 24.3 Å². The molecule has 0 radical (unpaired) electrons. The van der Waals surface area contributed by atoms with Crippen LogP contribution in [0, 0.1) is 0 Å². The highest BCUT2D eigenvalue weighted by Crippen LogP contribution is 2.40. The Hall–Kier alpha value is -2.18. The van der Waals surface area contributed by atoms with E-state index in [0.717, 1.165) is 12.1 Å². The minimum Gasteiger partial charge on any atom is -0.369 e. The molecule has 2 aromatic rings. The minimum absolute atomic E-state index is 0.0196. The van der Waals surface area contributed by atoms with E-state index in [4.69, 9.17) is 0 Å². The quantitative estimate of drug-likeness (QED) is 0.773. The molecule has 0 aliphatic carbocycles. The predicted octanol–water partition coefficient (Wildman–Crippen LogP) is 4.67. The van der Waals surface area contributed by atoms with Crippen LogP contribution in [0.3, 0.4) is 0 Å². The summed E-state index contributed by atoms with van der Waals surface area (Å²) in [7, 11) is 0. The van der Waals surface area contributed by atoms with Gasteiger partial charge in [0.05, 0.1) is 16.8 Å². The van der Waals surface area contributed by atoms with Crippen LogP contribution in [0.5, 0.6) is 0 Å². The average molecular weight is 314 g/mol. The summed E-state index contributed by atoms with van der Waals surface area (Å²) in [6.45, 7) is 0.0685. The fourth-order valence-electron chi connectivity index (χ4n) is 2.38. The molecule has 2 nitrogen and oxygen atoms in total. The molecule has 0 bridgehead atoms. The summed E-state index contributed by atoms with van der Waals surface area (Å²) in [6, 6.07) is 7.16. The molecule has 0 saturated heterocycles. The third-order valence-corrected chi connectivity index (χ3v) is 3.51. The number of halogens is 5. The van der Waals surface area contributed by atoms with Gasteiger partial charge in [0.25, 0.3) is 5.92 Å². The Morgan fingerprint density at radius 2 is 1.86 bits per heavy atom. The molecule has 1 aromatic heterocycles. The SMILES string of the molecule is FC(F)(F)c1cccc(-c2ccc3c(n2)NCCC3(F)F)c1. The molecular formula is C15H11F5N2. The highest BCUT2D eigenvalue weighted by Gasteiger charge is 2.37. The number of alkyl halides is 5. The maximum absolute atomic E-state index is 13.7. The zero-order valence-corrected chi connectivity index (χ0v) is 11.2. The molecule has 7 heteroatoms.